The first-order valence-electron chi connectivity index (χ1n) is 7.59. The lowest BCUT2D eigenvalue weighted by atomic mass is 10.1. The molecule has 2 nitrogen and oxygen atoms in total. The Morgan fingerprint density at radius 1 is 0.947 bits per heavy atom. The molecular weight excluding hydrogens is 232 g/mol. The molecule has 1 atom stereocenters. The Morgan fingerprint density at radius 2 is 1.68 bits per heavy atom. The molecule has 1 aromatic carbocycles. The molecule has 0 saturated carbocycles. The number of nitrogens with zero attached hydrogens (tertiary/aromatic N) is 2. The molecule has 0 fully saturated rings. The molecule has 19 heavy (non-hydrogen) atoms. The van der Waals surface area contributed by atoms with E-state index in [0.717, 1.165) is 13.0 Å². The summed E-state index contributed by atoms with van der Waals surface area (Å²) in [5.41, 5.74) is 1.43. The quantitative estimate of drug-likeness (QED) is 0.685. The fraction of sp³-hybridized carbons (Fsp3) is 0.529. The van der Waals surface area contributed by atoms with Crippen LogP contribution in [0.5, 0.6) is 0 Å². The van der Waals surface area contributed by atoms with E-state index in [0.29, 0.717) is 6.17 Å². The van der Waals surface area contributed by atoms with Crippen LogP contribution in [-0.4, -0.2) is 29.1 Å². The minimum Gasteiger partial charge on any atom is -0.356 e. The highest BCUT2D eigenvalue weighted by Gasteiger charge is 2.24. The first-order valence-corrected chi connectivity index (χ1v) is 7.59. The average molecular weight is 258 g/mol. The smallest absolute Gasteiger partial charge is 0.105 e. The molecule has 0 radical (unpaired) electrons. The summed E-state index contributed by atoms with van der Waals surface area (Å²) in [6, 6.07) is 10.8. The Hall–Kier alpha value is -1.44. The normalized spacial score (nSPS) is 18.3. The fourth-order valence-corrected chi connectivity index (χ4v) is 2.70. The van der Waals surface area contributed by atoms with Gasteiger partial charge in [0.25, 0.3) is 0 Å². The highest BCUT2D eigenvalue weighted by molar-refractivity contribution is 5.17. The van der Waals surface area contributed by atoms with E-state index in [1.165, 1.54) is 31.4 Å². The van der Waals surface area contributed by atoms with E-state index in [9.17, 15) is 0 Å². The number of benzene rings is 1. The maximum absolute atomic E-state index is 2.51. The molecule has 0 N–H and O–H groups in total. The van der Waals surface area contributed by atoms with Crippen molar-refractivity contribution in [2.24, 2.45) is 0 Å². The summed E-state index contributed by atoms with van der Waals surface area (Å²) in [4.78, 5) is 4.95. The molecule has 1 aliphatic heterocycles. The molecule has 0 amide bonds. The molecule has 0 spiro atoms. The van der Waals surface area contributed by atoms with Crippen LogP contribution in [0.4, 0.5) is 0 Å². The van der Waals surface area contributed by atoms with E-state index in [-0.39, 0.29) is 0 Å². The van der Waals surface area contributed by atoms with Crippen molar-refractivity contribution in [3.8, 4) is 0 Å². The van der Waals surface area contributed by atoms with Gasteiger partial charge in [-0.05, 0) is 18.9 Å². The van der Waals surface area contributed by atoms with Crippen LogP contribution >= 0.6 is 0 Å². The highest BCUT2D eigenvalue weighted by atomic mass is 15.4. The van der Waals surface area contributed by atoms with Crippen LogP contribution in [0, 0.1) is 0 Å². The van der Waals surface area contributed by atoms with Crippen LogP contribution < -0.4 is 0 Å². The van der Waals surface area contributed by atoms with E-state index in [4.69, 9.17) is 0 Å². The number of likely N-dealkylation sites (N-methyl/N-ethyl adjacent to an activating group) is 1. The molecule has 1 heterocycles. The molecule has 1 aliphatic rings. The van der Waals surface area contributed by atoms with E-state index in [1.807, 2.05) is 0 Å². The monoisotopic (exact) mass is 258 g/mol. The predicted octanol–water partition coefficient (Wildman–Crippen LogP) is 3.85. The summed E-state index contributed by atoms with van der Waals surface area (Å²) in [5.74, 6) is 0. The maximum atomic E-state index is 2.51. The lowest BCUT2D eigenvalue weighted by Gasteiger charge is -2.32. The van der Waals surface area contributed by atoms with Crippen LogP contribution in [0.1, 0.15) is 38.7 Å². The number of hydrogen-bond donors (Lipinski definition) is 0. The van der Waals surface area contributed by atoms with Crippen LogP contribution in [-0.2, 0) is 6.42 Å². The lowest BCUT2D eigenvalue weighted by Crippen LogP contribution is -2.40. The minimum atomic E-state index is 0.504. The lowest BCUT2D eigenvalue weighted by molar-refractivity contribution is 0.155. The summed E-state index contributed by atoms with van der Waals surface area (Å²) in [5, 5.41) is 0. The number of rotatable bonds is 7. The van der Waals surface area contributed by atoms with E-state index >= 15 is 0 Å². The van der Waals surface area contributed by atoms with Gasteiger partial charge in [-0.15, -0.1) is 0 Å². The van der Waals surface area contributed by atoms with Gasteiger partial charge in [-0.2, -0.15) is 0 Å². The van der Waals surface area contributed by atoms with E-state index < -0.39 is 0 Å². The molecule has 2 heteroatoms. The summed E-state index contributed by atoms with van der Waals surface area (Å²) in [6.07, 6.45) is 10.0. The Balaban J connectivity index is 1.97. The SMILES string of the molecule is CCCCCN1C=CN(CC)C1Cc1ccccc1. The van der Waals surface area contributed by atoms with Crippen molar-refractivity contribution in [3.63, 3.8) is 0 Å². The van der Waals surface area contributed by atoms with Crippen molar-refractivity contribution in [1.82, 2.24) is 9.80 Å². The number of hydrogen-bond acceptors (Lipinski definition) is 2. The highest BCUT2D eigenvalue weighted by Crippen LogP contribution is 2.20. The van der Waals surface area contributed by atoms with Crippen LogP contribution in [0.2, 0.25) is 0 Å². The maximum Gasteiger partial charge on any atom is 0.105 e. The zero-order valence-corrected chi connectivity index (χ0v) is 12.3. The van der Waals surface area contributed by atoms with Gasteiger partial charge in [0.05, 0.1) is 0 Å². The topological polar surface area (TPSA) is 6.48 Å². The second-order valence-corrected chi connectivity index (χ2v) is 5.24. The van der Waals surface area contributed by atoms with Crippen LogP contribution in [0.15, 0.2) is 42.7 Å². The van der Waals surface area contributed by atoms with Gasteiger partial charge >= 0.3 is 0 Å². The van der Waals surface area contributed by atoms with Crippen molar-refractivity contribution in [1.29, 1.82) is 0 Å². The average Bonchev–Trinajstić information content (AvgIpc) is 2.83. The summed E-state index contributed by atoms with van der Waals surface area (Å²) in [6.45, 7) is 6.76. The molecule has 0 aliphatic carbocycles. The Kier molecular flexibility index (Phi) is 5.31. The summed E-state index contributed by atoms with van der Waals surface area (Å²) >= 11 is 0. The Bertz CT molecular complexity index is 386. The fourth-order valence-electron chi connectivity index (χ4n) is 2.70. The van der Waals surface area contributed by atoms with Crippen molar-refractivity contribution in [2.45, 2.75) is 45.7 Å². The molecular formula is C17H26N2. The molecule has 104 valence electrons. The molecule has 0 saturated heterocycles. The zero-order valence-electron chi connectivity index (χ0n) is 12.3. The van der Waals surface area contributed by atoms with Crippen molar-refractivity contribution in [3.05, 3.63) is 48.3 Å². The third-order valence-electron chi connectivity index (χ3n) is 3.86. The molecule has 1 aromatic rings. The zero-order chi connectivity index (χ0) is 13.5. The Morgan fingerprint density at radius 3 is 2.37 bits per heavy atom. The van der Waals surface area contributed by atoms with Gasteiger partial charge in [-0.3, -0.25) is 0 Å². The summed E-state index contributed by atoms with van der Waals surface area (Å²) in [7, 11) is 0. The van der Waals surface area contributed by atoms with Gasteiger partial charge in [0, 0.05) is 31.9 Å². The van der Waals surface area contributed by atoms with Crippen LogP contribution in [0.3, 0.4) is 0 Å². The van der Waals surface area contributed by atoms with Gasteiger partial charge in [-0.25, -0.2) is 0 Å². The standard InChI is InChI=1S/C17H26N2/c1-3-5-9-12-19-14-13-18(4-2)17(19)15-16-10-7-6-8-11-16/h6-8,10-11,13-14,17H,3-5,9,12,15H2,1-2H3. The van der Waals surface area contributed by atoms with Gasteiger partial charge in [-0.1, -0.05) is 50.1 Å². The predicted molar refractivity (Wildman–Crippen MR) is 81.7 cm³/mol. The third-order valence-corrected chi connectivity index (χ3v) is 3.86. The molecule has 1 unspecified atom stereocenters. The van der Waals surface area contributed by atoms with Gasteiger partial charge < -0.3 is 9.80 Å². The van der Waals surface area contributed by atoms with E-state index in [1.54, 1.807) is 0 Å². The molecule has 2 rings (SSSR count). The van der Waals surface area contributed by atoms with Gasteiger partial charge in [0.2, 0.25) is 0 Å². The second-order valence-electron chi connectivity index (χ2n) is 5.24. The number of unbranched alkanes of at least 4 members (excludes halogenated alkanes) is 2. The van der Waals surface area contributed by atoms with Crippen molar-refractivity contribution >= 4 is 0 Å². The third kappa shape index (κ3) is 3.76. The van der Waals surface area contributed by atoms with Crippen LogP contribution in [0.25, 0.3) is 0 Å². The van der Waals surface area contributed by atoms with Gasteiger partial charge in [0.15, 0.2) is 0 Å². The first kappa shape index (κ1) is 14.0. The van der Waals surface area contributed by atoms with E-state index in [2.05, 4.69) is 66.4 Å². The second kappa shape index (κ2) is 7.22. The summed E-state index contributed by atoms with van der Waals surface area (Å²) < 4.78 is 0. The molecule has 0 bridgehead atoms. The largest absolute Gasteiger partial charge is 0.356 e. The van der Waals surface area contributed by atoms with Crippen molar-refractivity contribution < 1.29 is 0 Å². The minimum absolute atomic E-state index is 0.504. The Labute approximate surface area is 117 Å². The molecule has 0 aromatic heterocycles. The van der Waals surface area contributed by atoms with Crippen molar-refractivity contribution in [2.75, 3.05) is 13.1 Å². The first-order chi connectivity index (χ1) is 9.35. The van der Waals surface area contributed by atoms with Gasteiger partial charge in [0.1, 0.15) is 6.17 Å².